The number of aliphatic imine (C=N–C) groups is 2. The largest absolute Gasteiger partial charge is 0.344 e. The van der Waals surface area contributed by atoms with E-state index in [1.54, 1.807) is 19.3 Å². The molecule has 2 aliphatic rings. The first-order chi connectivity index (χ1) is 14.5. The summed E-state index contributed by atoms with van der Waals surface area (Å²) in [6.45, 7) is 8.81. The molecule has 6 heteroatoms. The summed E-state index contributed by atoms with van der Waals surface area (Å²) in [4.78, 5) is 13.9. The van der Waals surface area contributed by atoms with Crippen molar-refractivity contribution in [3.8, 4) is 0 Å². The third-order valence-electron chi connectivity index (χ3n) is 5.87. The Kier molecular flexibility index (Phi) is 7.94. The molecule has 1 atom stereocenters. The summed E-state index contributed by atoms with van der Waals surface area (Å²) in [5.41, 5.74) is 3.33. The third kappa shape index (κ3) is 5.64. The van der Waals surface area contributed by atoms with Gasteiger partial charge in [0.1, 0.15) is 11.7 Å². The second kappa shape index (κ2) is 10.6. The number of benzene rings is 1. The molecule has 30 heavy (non-hydrogen) atoms. The normalized spacial score (nSPS) is 25.1. The zero-order valence-electron chi connectivity index (χ0n) is 18.7. The van der Waals surface area contributed by atoms with Gasteiger partial charge in [-0.2, -0.15) is 0 Å². The van der Waals surface area contributed by atoms with Gasteiger partial charge in [0.2, 0.25) is 0 Å². The van der Waals surface area contributed by atoms with Gasteiger partial charge in [0.05, 0.1) is 6.54 Å². The number of rotatable bonds is 2. The highest BCUT2D eigenvalue weighted by atomic mass is 19.1. The van der Waals surface area contributed by atoms with Crippen LogP contribution in [0.5, 0.6) is 0 Å². The Morgan fingerprint density at radius 2 is 2.10 bits per heavy atom. The molecule has 5 nitrogen and oxygen atoms in total. The third-order valence-corrected chi connectivity index (χ3v) is 5.87. The van der Waals surface area contributed by atoms with Gasteiger partial charge in [0.15, 0.2) is 0 Å². The van der Waals surface area contributed by atoms with Gasteiger partial charge in [-0.15, -0.1) is 0 Å². The number of likely N-dealkylation sites (N-methyl/N-ethyl adjacent to an activating group) is 1. The standard InChI is InChI=1S/C24H34FN5/c1-5-6-24-27-11-12-30-14-13-29(4)17-20(30)9-7-19-8-10-23(25)21(15-19)22(16-26-3)18(2)28-24/h5-6,8,10,15-16,20H,7,9,11-14,17H2,1-4H3,(H,27,28)/b6-5-,22-18-,26-16?. The summed E-state index contributed by atoms with van der Waals surface area (Å²) in [7, 11) is 3.90. The Balaban J connectivity index is 2.04. The molecule has 0 radical (unpaired) electrons. The van der Waals surface area contributed by atoms with Crippen molar-refractivity contribution in [3.63, 3.8) is 0 Å². The van der Waals surface area contributed by atoms with Crippen LogP contribution in [0.15, 0.2) is 46.0 Å². The van der Waals surface area contributed by atoms with E-state index in [4.69, 9.17) is 4.99 Å². The molecule has 0 saturated carbocycles. The van der Waals surface area contributed by atoms with Gasteiger partial charge < -0.3 is 10.2 Å². The highest BCUT2D eigenvalue weighted by Crippen LogP contribution is 2.23. The molecule has 2 aliphatic heterocycles. The zero-order valence-corrected chi connectivity index (χ0v) is 18.7. The number of piperazine rings is 1. The molecule has 0 amide bonds. The van der Waals surface area contributed by atoms with Gasteiger partial charge in [-0.25, -0.2) is 4.39 Å². The molecule has 162 valence electrons. The summed E-state index contributed by atoms with van der Waals surface area (Å²) in [6, 6.07) is 5.96. The van der Waals surface area contributed by atoms with E-state index >= 15 is 0 Å². The summed E-state index contributed by atoms with van der Waals surface area (Å²) < 4.78 is 14.8. The van der Waals surface area contributed by atoms with Crippen LogP contribution in [-0.2, 0) is 6.42 Å². The van der Waals surface area contributed by atoms with Crippen molar-refractivity contribution in [3.05, 3.63) is 53.0 Å². The highest BCUT2D eigenvalue weighted by Gasteiger charge is 2.25. The molecule has 2 heterocycles. The molecule has 1 saturated heterocycles. The second-order valence-corrected chi connectivity index (χ2v) is 8.12. The highest BCUT2D eigenvalue weighted by molar-refractivity contribution is 6.12. The lowest BCUT2D eigenvalue weighted by Crippen LogP contribution is -2.52. The van der Waals surface area contributed by atoms with E-state index in [1.165, 1.54) is 0 Å². The van der Waals surface area contributed by atoms with Crippen LogP contribution in [0.25, 0.3) is 5.57 Å². The maximum absolute atomic E-state index is 14.8. The fourth-order valence-corrected chi connectivity index (χ4v) is 4.23. The number of nitrogens with zero attached hydrogens (tertiary/aromatic N) is 4. The van der Waals surface area contributed by atoms with Crippen molar-refractivity contribution in [1.82, 2.24) is 15.1 Å². The minimum Gasteiger partial charge on any atom is -0.344 e. The minimum atomic E-state index is -0.231. The van der Waals surface area contributed by atoms with E-state index < -0.39 is 0 Å². The van der Waals surface area contributed by atoms with E-state index in [-0.39, 0.29) is 5.82 Å². The Bertz CT molecular complexity index is 855. The lowest BCUT2D eigenvalue weighted by atomic mass is 9.97. The Morgan fingerprint density at radius 1 is 1.27 bits per heavy atom. The molecule has 1 unspecified atom stereocenters. The van der Waals surface area contributed by atoms with E-state index in [0.29, 0.717) is 11.6 Å². The van der Waals surface area contributed by atoms with Gasteiger partial charge >= 0.3 is 0 Å². The summed E-state index contributed by atoms with van der Waals surface area (Å²) in [5.74, 6) is 0.557. The topological polar surface area (TPSA) is 43.2 Å². The van der Waals surface area contributed by atoms with Crippen molar-refractivity contribution in [2.24, 2.45) is 9.98 Å². The van der Waals surface area contributed by atoms with Gasteiger partial charge in [0.25, 0.3) is 0 Å². The Labute approximate surface area is 180 Å². The van der Waals surface area contributed by atoms with Crippen molar-refractivity contribution in [1.29, 1.82) is 0 Å². The first-order valence-electron chi connectivity index (χ1n) is 10.8. The van der Waals surface area contributed by atoms with E-state index in [2.05, 4.69) is 27.2 Å². The molecular weight excluding hydrogens is 377 g/mol. The molecule has 1 aromatic carbocycles. The lowest BCUT2D eigenvalue weighted by Gasteiger charge is -2.40. The average molecular weight is 412 g/mol. The number of nitrogens with one attached hydrogen (secondary N) is 1. The molecule has 0 aliphatic carbocycles. The molecule has 0 spiro atoms. The SMILES string of the molecule is C/C=C\C1=NCCN2CCN(C)CC2CCc2ccc(F)c(c2)/C(C=NC)=C(/C)N1. The smallest absolute Gasteiger partial charge is 0.131 e. The van der Waals surface area contributed by atoms with Crippen LogP contribution in [0.4, 0.5) is 4.39 Å². The number of hydrogen-bond acceptors (Lipinski definition) is 5. The first kappa shape index (κ1) is 22.4. The van der Waals surface area contributed by atoms with Gasteiger partial charge in [-0.1, -0.05) is 12.1 Å². The monoisotopic (exact) mass is 411 g/mol. The van der Waals surface area contributed by atoms with Crippen LogP contribution in [0.2, 0.25) is 0 Å². The zero-order chi connectivity index (χ0) is 21.5. The number of amidine groups is 1. The van der Waals surface area contributed by atoms with Crippen LogP contribution >= 0.6 is 0 Å². The quantitative estimate of drug-likeness (QED) is 0.759. The van der Waals surface area contributed by atoms with Crippen molar-refractivity contribution < 1.29 is 4.39 Å². The number of allylic oxidation sites excluding steroid dienone is 3. The number of fused-ring (bicyclic) bond motifs is 3. The molecule has 2 bridgehead atoms. The van der Waals surface area contributed by atoms with Crippen molar-refractivity contribution in [2.75, 3.05) is 46.8 Å². The molecule has 1 fully saturated rings. The van der Waals surface area contributed by atoms with Gasteiger partial charge in [0, 0.05) is 62.3 Å². The summed E-state index contributed by atoms with van der Waals surface area (Å²) in [6.07, 6.45) is 7.64. The maximum Gasteiger partial charge on any atom is 0.131 e. The van der Waals surface area contributed by atoms with Crippen LogP contribution in [0, 0.1) is 5.82 Å². The first-order valence-corrected chi connectivity index (χ1v) is 10.8. The number of aryl methyl sites for hydroxylation is 1. The van der Waals surface area contributed by atoms with E-state index in [9.17, 15) is 4.39 Å². The predicted molar refractivity (Wildman–Crippen MR) is 125 cm³/mol. The fraction of sp³-hybridized carbons (Fsp3) is 0.500. The number of hydrogen-bond donors (Lipinski definition) is 1. The van der Waals surface area contributed by atoms with Crippen LogP contribution in [0.3, 0.4) is 0 Å². The Morgan fingerprint density at radius 3 is 2.87 bits per heavy atom. The average Bonchev–Trinajstić information content (AvgIpc) is 2.72. The number of halogens is 1. The van der Waals surface area contributed by atoms with Gasteiger partial charge in [-0.3, -0.25) is 14.9 Å². The van der Waals surface area contributed by atoms with E-state index in [1.807, 2.05) is 38.1 Å². The predicted octanol–water partition coefficient (Wildman–Crippen LogP) is 3.38. The minimum absolute atomic E-state index is 0.231. The molecule has 1 aromatic rings. The van der Waals surface area contributed by atoms with E-state index in [0.717, 1.165) is 68.2 Å². The van der Waals surface area contributed by atoms with Gasteiger partial charge in [-0.05, 0) is 57.5 Å². The van der Waals surface area contributed by atoms with Crippen molar-refractivity contribution in [2.45, 2.75) is 32.7 Å². The summed E-state index contributed by atoms with van der Waals surface area (Å²) in [5, 5.41) is 3.38. The molecule has 1 N–H and O–H groups in total. The summed E-state index contributed by atoms with van der Waals surface area (Å²) >= 11 is 0. The van der Waals surface area contributed by atoms with Crippen molar-refractivity contribution >= 4 is 17.6 Å². The van der Waals surface area contributed by atoms with Crippen LogP contribution in [-0.4, -0.2) is 74.7 Å². The lowest BCUT2D eigenvalue weighted by molar-refractivity contribution is 0.0878. The molecular formula is C24H34FN5. The Hall–Kier alpha value is -2.31. The molecule has 3 rings (SSSR count). The maximum atomic E-state index is 14.8. The second-order valence-electron chi connectivity index (χ2n) is 8.12. The molecule has 0 aromatic heterocycles. The van der Waals surface area contributed by atoms with Crippen LogP contribution < -0.4 is 5.32 Å². The van der Waals surface area contributed by atoms with Crippen LogP contribution in [0.1, 0.15) is 31.4 Å². The fourth-order valence-electron chi connectivity index (χ4n) is 4.23.